The zero-order valence-electron chi connectivity index (χ0n) is 15.0. The molecule has 3 rings (SSSR count). The minimum Gasteiger partial charge on any atom is -0.484 e. The fraction of sp³-hybridized carbons (Fsp3) is 0.158. The van der Waals surface area contributed by atoms with Crippen LogP contribution < -0.4 is 15.4 Å². The third-order valence-electron chi connectivity index (χ3n) is 3.62. The monoisotopic (exact) mass is 418 g/mol. The molecule has 29 heavy (non-hydrogen) atoms. The highest BCUT2D eigenvalue weighted by Gasteiger charge is 2.15. The van der Waals surface area contributed by atoms with Crippen molar-refractivity contribution in [3.05, 3.63) is 65.3 Å². The highest BCUT2D eigenvalue weighted by atomic mass is 35.5. The predicted molar refractivity (Wildman–Crippen MR) is 102 cm³/mol. The van der Waals surface area contributed by atoms with E-state index in [-0.39, 0.29) is 37.3 Å². The third-order valence-corrected chi connectivity index (χ3v) is 3.86. The average Bonchev–Trinajstić information content (AvgIpc) is 3.20. The summed E-state index contributed by atoms with van der Waals surface area (Å²) in [6.45, 7) is 0.150. The molecule has 0 atom stereocenters. The van der Waals surface area contributed by atoms with Crippen LogP contribution in [-0.4, -0.2) is 41.7 Å². The van der Waals surface area contributed by atoms with Crippen molar-refractivity contribution in [2.24, 2.45) is 0 Å². The summed E-state index contributed by atoms with van der Waals surface area (Å²) in [6, 6.07) is 12.1. The molecule has 10 heteroatoms. The molecule has 3 aromatic rings. The third kappa shape index (κ3) is 6.01. The zero-order chi connectivity index (χ0) is 20.6. The molecule has 8 nitrogen and oxygen atoms in total. The first-order valence-corrected chi connectivity index (χ1v) is 8.92. The Balaban J connectivity index is 1.38. The van der Waals surface area contributed by atoms with Gasteiger partial charge in [-0.15, -0.1) is 0 Å². The minimum atomic E-state index is -0.588. The number of nitrogens with zero attached hydrogens (tertiary/aromatic N) is 2. The van der Waals surface area contributed by atoms with Gasteiger partial charge in [-0.2, -0.15) is 4.98 Å². The van der Waals surface area contributed by atoms with Crippen LogP contribution in [0.25, 0.3) is 11.4 Å². The number of hydrogen-bond donors (Lipinski definition) is 2. The molecule has 1 heterocycles. The Morgan fingerprint density at radius 3 is 2.62 bits per heavy atom. The predicted octanol–water partition coefficient (Wildman–Crippen LogP) is 2.45. The normalized spacial score (nSPS) is 10.4. The Labute approximate surface area is 170 Å². The van der Waals surface area contributed by atoms with Crippen molar-refractivity contribution in [1.29, 1.82) is 0 Å². The first-order chi connectivity index (χ1) is 14.0. The Bertz CT molecular complexity index is 994. The van der Waals surface area contributed by atoms with Crippen molar-refractivity contribution in [1.82, 2.24) is 20.8 Å². The molecule has 0 saturated carbocycles. The van der Waals surface area contributed by atoms with E-state index in [4.69, 9.17) is 20.9 Å². The highest BCUT2D eigenvalue weighted by Crippen LogP contribution is 2.17. The molecule has 2 amide bonds. The lowest BCUT2D eigenvalue weighted by Gasteiger charge is -2.08. The van der Waals surface area contributed by atoms with Crippen LogP contribution in [0.1, 0.15) is 10.7 Å². The second-order valence-corrected chi connectivity index (χ2v) is 6.22. The number of nitrogens with one attached hydrogen (secondary N) is 2. The Kier molecular flexibility index (Phi) is 6.75. The van der Waals surface area contributed by atoms with Gasteiger partial charge in [-0.1, -0.05) is 22.8 Å². The molecule has 0 unspecified atom stereocenters. The van der Waals surface area contributed by atoms with Crippen molar-refractivity contribution in [2.75, 3.05) is 19.7 Å². The van der Waals surface area contributed by atoms with Crippen molar-refractivity contribution in [3.63, 3.8) is 0 Å². The van der Waals surface area contributed by atoms with E-state index in [9.17, 15) is 14.0 Å². The van der Waals surface area contributed by atoms with E-state index in [0.717, 1.165) is 0 Å². The maximum atomic E-state index is 12.9. The van der Waals surface area contributed by atoms with E-state index in [0.29, 0.717) is 16.3 Å². The van der Waals surface area contributed by atoms with E-state index in [1.54, 1.807) is 24.3 Å². The van der Waals surface area contributed by atoms with Gasteiger partial charge in [0, 0.05) is 23.7 Å². The fourth-order valence-corrected chi connectivity index (χ4v) is 2.42. The van der Waals surface area contributed by atoms with Crippen LogP contribution in [-0.2, 0) is 4.79 Å². The molecule has 2 N–H and O–H groups in total. The van der Waals surface area contributed by atoms with Crippen LogP contribution in [0.2, 0.25) is 5.02 Å². The molecule has 0 fully saturated rings. The first kappa shape index (κ1) is 20.3. The summed E-state index contributed by atoms with van der Waals surface area (Å²) < 4.78 is 23.2. The molecular formula is C19H16ClFN4O4. The van der Waals surface area contributed by atoms with Gasteiger partial charge in [-0.3, -0.25) is 9.59 Å². The summed E-state index contributed by atoms with van der Waals surface area (Å²) in [7, 11) is 0. The Morgan fingerprint density at radius 2 is 1.86 bits per heavy atom. The quantitative estimate of drug-likeness (QED) is 0.544. The van der Waals surface area contributed by atoms with Gasteiger partial charge in [0.1, 0.15) is 11.6 Å². The van der Waals surface area contributed by atoms with Crippen LogP contribution in [0.4, 0.5) is 4.39 Å². The second kappa shape index (κ2) is 9.65. The number of halogens is 2. The smallest absolute Gasteiger partial charge is 0.316 e. The molecule has 0 bridgehead atoms. The van der Waals surface area contributed by atoms with Gasteiger partial charge in [0.15, 0.2) is 6.61 Å². The first-order valence-electron chi connectivity index (χ1n) is 8.54. The number of hydrogen-bond acceptors (Lipinski definition) is 6. The van der Waals surface area contributed by atoms with Crippen molar-refractivity contribution < 1.29 is 23.2 Å². The van der Waals surface area contributed by atoms with Gasteiger partial charge in [0.25, 0.3) is 5.91 Å². The average molecular weight is 419 g/mol. The molecular weight excluding hydrogens is 403 g/mol. The van der Waals surface area contributed by atoms with Crippen molar-refractivity contribution in [2.45, 2.75) is 0 Å². The molecule has 0 aliphatic heterocycles. The molecule has 0 spiro atoms. The minimum absolute atomic E-state index is 0.149. The van der Waals surface area contributed by atoms with Crippen LogP contribution >= 0.6 is 11.6 Å². The van der Waals surface area contributed by atoms with Gasteiger partial charge in [-0.05, 0) is 42.5 Å². The van der Waals surface area contributed by atoms with E-state index in [1.165, 1.54) is 24.3 Å². The maximum Gasteiger partial charge on any atom is 0.316 e. The van der Waals surface area contributed by atoms with Crippen LogP contribution in [0.15, 0.2) is 53.1 Å². The van der Waals surface area contributed by atoms with Crippen molar-refractivity contribution >= 4 is 23.4 Å². The van der Waals surface area contributed by atoms with Crippen molar-refractivity contribution in [3.8, 4) is 17.1 Å². The topological polar surface area (TPSA) is 106 Å². The Morgan fingerprint density at radius 1 is 1.10 bits per heavy atom. The summed E-state index contributed by atoms with van der Waals surface area (Å²) in [4.78, 5) is 27.7. The number of carbonyl (C=O) groups excluding carboxylic acids is 2. The lowest BCUT2D eigenvalue weighted by Crippen LogP contribution is -2.36. The van der Waals surface area contributed by atoms with Crippen LogP contribution in [0, 0.1) is 5.82 Å². The summed E-state index contributed by atoms with van der Waals surface area (Å²) in [5.41, 5.74) is 0.515. The summed E-state index contributed by atoms with van der Waals surface area (Å²) >= 11 is 5.83. The second-order valence-electron chi connectivity index (χ2n) is 5.78. The van der Waals surface area contributed by atoms with Crippen LogP contribution in [0.5, 0.6) is 5.75 Å². The fourth-order valence-electron chi connectivity index (χ4n) is 2.24. The largest absolute Gasteiger partial charge is 0.484 e. The van der Waals surface area contributed by atoms with E-state index < -0.39 is 11.7 Å². The van der Waals surface area contributed by atoms with E-state index in [1.807, 2.05) is 0 Å². The molecule has 0 aliphatic rings. The summed E-state index contributed by atoms with van der Waals surface area (Å²) in [5.74, 6) is -0.919. The molecule has 0 radical (unpaired) electrons. The SMILES string of the molecule is O=C(COc1cccc(Cl)c1)NCCNC(=O)c1nc(-c2ccc(F)cc2)no1. The maximum absolute atomic E-state index is 12.9. The van der Waals surface area contributed by atoms with Gasteiger partial charge < -0.3 is 19.9 Å². The number of carbonyl (C=O) groups is 2. The highest BCUT2D eigenvalue weighted by molar-refractivity contribution is 6.30. The van der Waals surface area contributed by atoms with E-state index >= 15 is 0 Å². The van der Waals surface area contributed by atoms with Gasteiger partial charge in [0.05, 0.1) is 0 Å². The summed E-state index contributed by atoms with van der Waals surface area (Å²) in [6.07, 6.45) is 0. The van der Waals surface area contributed by atoms with Gasteiger partial charge in [0.2, 0.25) is 5.82 Å². The molecule has 1 aromatic heterocycles. The lowest BCUT2D eigenvalue weighted by atomic mass is 10.2. The van der Waals surface area contributed by atoms with Gasteiger partial charge in [-0.25, -0.2) is 4.39 Å². The van der Waals surface area contributed by atoms with Crippen LogP contribution in [0.3, 0.4) is 0 Å². The van der Waals surface area contributed by atoms with E-state index in [2.05, 4.69) is 20.8 Å². The molecule has 2 aromatic carbocycles. The molecule has 150 valence electrons. The standard InChI is InChI=1S/C19H16ClFN4O4/c20-13-2-1-3-15(10-13)28-11-16(26)22-8-9-23-18(27)19-24-17(25-29-19)12-4-6-14(21)7-5-12/h1-7,10H,8-9,11H2,(H,22,26)(H,23,27). The number of amides is 2. The number of benzene rings is 2. The number of aromatic nitrogens is 2. The molecule has 0 aliphatic carbocycles. The number of rotatable bonds is 8. The number of ether oxygens (including phenoxy) is 1. The Hall–Kier alpha value is -3.46. The van der Waals surface area contributed by atoms with Gasteiger partial charge >= 0.3 is 11.8 Å². The molecule has 0 saturated heterocycles. The summed E-state index contributed by atoms with van der Waals surface area (Å²) in [5, 5.41) is 9.33. The zero-order valence-corrected chi connectivity index (χ0v) is 15.8. The lowest BCUT2D eigenvalue weighted by molar-refractivity contribution is -0.123.